The van der Waals surface area contributed by atoms with E-state index in [-0.39, 0.29) is 0 Å². The van der Waals surface area contributed by atoms with Crippen LogP contribution in [-0.4, -0.2) is 4.98 Å². The second kappa shape index (κ2) is 5.66. The molecule has 0 saturated heterocycles. The second-order valence-corrected chi connectivity index (χ2v) is 5.31. The smallest absolute Gasteiger partial charge is 0.0406 e. The average molecular weight is 300 g/mol. The van der Waals surface area contributed by atoms with E-state index in [1.54, 1.807) is 6.20 Å². The first-order chi connectivity index (χ1) is 9.74. The van der Waals surface area contributed by atoms with Crippen molar-refractivity contribution in [3.05, 3.63) is 77.0 Å². The molecule has 98 valence electrons. The molecule has 1 nitrogen and oxygen atoms in total. The van der Waals surface area contributed by atoms with Gasteiger partial charge in [0, 0.05) is 28.0 Å². The number of benzene rings is 2. The third-order valence-corrected chi connectivity index (χ3v) is 3.64. The van der Waals surface area contributed by atoms with Gasteiger partial charge in [0.1, 0.15) is 0 Å². The third kappa shape index (κ3) is 2.69. The summed E-state index contributed by atoms with van der Waals surface area (Å²) in [4.78, 5) is 4.23. The van der Waals surface area contributed by atoms with Crippen molar-refractivity contribution in [3.63, 3.8) is 0 Å². The van der Waals surface area contributed by atoms with Gasteiger partial charge in [0.15, 0.2) is 0 Å². The molecule has 0 atom stereocenters. The zero-order chi connectivity index (χ0) is 13.9. The molecule has 3 aromatic rings. The number of rotatable bonds is 2. The second-order valence-electron chi connectivity index (χ2n) is 4.44. The summed E-state index contributed by atoms with van der Waals surface area (Å²) in [6, 6.07) is 17.6. The predicted octanol–water partition coefficient (Wildman–Crippen LogP) is 5.72. The van der Waals surface area contributed by atoms with Crippen molar-refractivity contribution in [2.75, 3.05) is 0 Å². The van der Waals surface area contributed by atoms with E-state index in [2.05, 4.69) is 4.98 Å². The molecule has 0 saturated carbocycles. The summed E-state index contributed by atoms with van der Waals surface area (Å²) in [5.41, 5.74) is 4.40. The van der Waals surface area contributed by atoms with E-state index < -0.39 is 0 Å². The van der Waals surface area contributed by atoms with E-state index in [4.69, 9.17) is 23.2 Å². The number of halogens is 2. The maximum atomic E-state index is 5.95. The summed E-state index contributed by atoms with van der Waals surface area (Å²) in [5, 5.41) is 1.46. The molecule has 0 bridgehead atoms. The highest BCUT2D eigenvalue weighted by atomic mass is 35.5. The van der Waals surface area contributed by atoms with Crippen LogP contribution < -0.4 is 0 Å². The van der Waals surface area contributed by atoms with Crippen molar-refractivity contribution in [2.45, 2.75) is 0 Å². The standard InChI is InChI=1S/C17H11Cl2N/c18-14-5-1-12(2-6-14)16-9-10-20-11-17(16)13-3-7-15(19)8-4-13/h1-11H. The fourth-order valence-corrected chi connectivity index (χ4v) is 2.39. The lowest BCUT2D eigenvalue weighted by Gasteiger charge is -2.09. The normalized spacial score (nSPS) is 10.5. The van der Waals surface area contributed by atoms with E-state index in [1.165, 1.54) is 0 Å². The summed E-state index contributed by atoms with van der Waals surface area (Å²) in [6.07, 6.45) is 3.66. The van der Waals surface area contributed by atoms with Crippen LogP contribution in [-0.2, 0) is 0 Å². The Morgan fingerprint density at radius 3 is 1.65 bits per heavy atom. The molecule has 0 radical (unpaired) electrons. The van der Waals surface area contributed by atoms with Crippen molar-refractivity contribution in [1.82, 2.24) is 4.98 Å². The van der Waals surface area contributed by atoms with Gasteiger partial charge in [-0.05, 0) is 47.0 Å². The Balaban J connectivity index is 2.13. The predicted molar refractivity (Wildman–Crippen MR) is 85.1 cm³/mol. The molecule has 0 N–H and O–H groups in total. The molecule has 0 unspecified atom stereocenters. The molecule has 0 fully saturated rings. The van der Waals surface area contributed by atoms with E-state index in [0.29, 0.717) is 0 Å². The first-order valence-corrected chi connectivity index (χ1v) is 6.95. The molecule has 3 rings (SSSR count). The Kier molecular flexibility index (Phi) is 3.72. The van der Waals surface area contributed by atoms with Crippen LogP contribution in [0.15, 0.2) is 67.0 Å². The minimum atomic E-state index is 0.727. The number of hydrogen-bond donors (Lipinski definition) is 0. The van der Waals surface area contributed by atoms with E-state index in [9.17, 15) is 0 Å². The van der Waals surface area contributed by atoms with Gasteiger partial charge in [0.2, 0.25) is 0 Å². The molecular formula is C17H11Cl2N. The lowest BCUT2D eigenvalue weighted by molar-refractivity contribution is 1.33. The lowest BCUT2D eigenvalue weighted by Crippen LogP contribution is -1.86. The van der Waals surface area contributed by atoms with E-state index >= 15 is 0 Å². The highest BCUT2D eigenvalue weighted by molar-refractivity contribution is 6.31. The quantitative estimate of drug-likeness (QED) is 0.589. The van der Waals surface area contributed by atoms with Crippen LogP contribution in [0.3, 0.4) is 0 Å². The van der Waals surface area contributed by atoms with E-state index in [0.717, 1.165) is 32.3 Å². The van der Waals surface area contributed by atoms with Gasteiger partial charge in [-0.3, -0.25) is 4.98 Å². The Morgan fingerprint density at radius 1 is 0.600 bits per heavy atom. The Morgan fingerprint density at radius 2 is 1.10 bits per heavy atom. The van der Waals surface area contributed by atoms with Crippen molar-refractivity contribution < 1.29 is 0 Å². The zero-order valence-corrected chi connectivity index (χ0v) is 12.1. The monoisotopic (exact) mass is 299 g/mol. The van der Waals surface area contributed by atoms with Gasteiger partial charge in [-0.2, -0.15) is 0 Å². The lowest BCUT2D eigenvalue weighted by atomic mass is 9.97. The molecular weight excluding hydrogens is 289 g/mol. The number of aromatic nitrogens is 1. The zero-order valence-electron chi connectivity index (χ0n) is 10.6. The third-order valence-electron chi connectivity index (χ3n) is 3.13. The molecule has 1 aromatic heterocycles. The number of hydrogen-bond acceptors (Lipinski definition) is 1. The van der Waals surface area contributed by atoms with Gasteiger partial charge in [0.25, 0.3) is 0 Å². The van der Waals surface area contributed by atoms with E-state index in [1.807, 2.05) is 60.8 Å². The highest BCUT2D eigenvalue weighted by Crippen LogP contribution is 2.32. The molecule has 2 aromatic carbocycles. The van der Waals surface area contributed by atoms with Gasteiger partial charge in [0.05, 0.1) is 0 Å². The first-order valence-electron chi connectivity index (χ1n) is 6.20. The summed E-state index contributed by atoms with van der Waals surface area (Å²) in [7, 11) is 0. The fourth-order valence-electron chi connectivity index (χ4n) is 2.14. The van der Waals surface area contributed by atoms with Crippen molar-refractivity contribution >= 4 is 23.2 Å². The minimum Gasteiger partial charge on any atom is -0.264 e. The van der Waals surface area contributed by atoms with Crippen LogP contribution >= 0.6 is 23.2 Å². The average Bonchev–Trinajstić information content (AvgIpc) is 2.49. The fraction of sp³-hybridized carbons (Fsp3) is 0. The molecule has 3 heteroatoms. The van der Waals surface area contributed by atoms with Gasteiger partial charge in [-0.25, -0.2) is 0 Å². The SMILES string of the molecule is Clc1ccc(-c2ccncc2-c2ccc(Cl)cc2)cc1. The van der Waals surface area contributed by atoms with Crippen molar-refractivity contribution in [3.8, 4) is 22.3 Å². The van der Waals surface area contributed by atoms with Crippen molar-refractivity contribution in [2.24, 2.45) is 0 Å². The molecule has 0 amide bonds. The summed E-state index contributed by atoms with van der Waals surface area (Å²) < 4.78 is 0. The van der Waals surface area contributed by atoms with Crippen LogP contribution in [0.5, 0.6) is 0 Å². The van der Waals surface area contributed by atoms with Crippen LogP contribution in [0.1, 0.15) is 0 Å². The largest absolute Gasteiger partial charge is 0.264 e. The number of nitrogens with zero attached hydrogens (tertiary/aromatic N) is 1. The minimum absolute atomic E-state index is 0.727. The van der Waals surface area contributed by atoms with Gasteiger partial charge in [-0.15, -0.1) is 0 Å². The van der Waals surface area contributed by atoms with Crippen LogP contribution in [0, 0.1) is 0 Å². The molecule has 20 heavy (non-hydrogen) atoms. The molecule has 0 aliphatic carbocycles. The van der Waals surface area contributed by atoms with Crippen LogP contribution in [0.4, 0.5) is 0 Å². The van der Waals surface area contributed by atoms with Crippen LogP contribution in [0.25, 0.3) is 22.3 Å². The first kappa shape index (κ1) is 13.2. The molecule has 0 aliphatic rings. The maximum Gasteiger partial charge on any atom is 0.0406 e. The van der Waals surface area contributed by atoms with Crippen molar-refractivity contribution in [1.29, 1.82) is 0 Å². The topological polar surface area (TPSA) is 12.9 Å². The summed E-state index contributed by atoms with van der Waals surface area (Å²) in [6.45, 7) is 0. The Labute approximate surface area is 127 Å². The highest BCUT2D eigenvalue weighted by Gasteiger charge is 2.07. The Bertz CT molecular complexity index is 654. The summed E-state index contributed by atoms with van der Waals surface area (Å²) in [5.74, 6) is 0. The Hall–Kier alpha value is -1.83. The van der Waals surface area contributed by atoms with Crippen LogP contribution in [0.2, 0.25) is 10.0 Å². The molecule has 0 spiro atoms. The maximum absolute atomic E-state index is 5.95. The number of pyridine rings is 1. The van der Waals surface area contributed by atoms with Gasteiger partial charge in [-0.1, -0.05) is 47.5 Å². The van der Waals surface area contributed by atoms with Gasteiger partial charge >= 0.3 is 0 Å². The molecule has 1 heterocycles. The van der Waals surface area contributed by atoms with Gasteiger partial charge < -0.3 is 0 Å². The molecule has 0 aliphatic heterocycles. The summed E-state index contributed by atoms with van der Waals surface area (Å²) >= 11 is 11.9.